The SMILES string of the molecule is Cc1ccc(N(CC(=O)N2CCCCC2)C(=O)CCc2ncc(-c3ccccc3F)o2)cc1. The number of carbonyl (C=O) groups is 2. The molecule has 0 atom stereocenters. The van der Waals surface area contributed by atoms with E-state index in [0.717, 1.165) is 37.9 Å². The van der Waals surface area contributed by atoms with E-state index in [4.69, 9.17) is 4.42 Å². The minimum Gasteiger partial charge on any atom is -0.441 e. The summed E-state index contributed by atoms with van der Waals surface area (Å²) in [6.07, 6.45) is 4.98. The number of hydrogen-bond donors (Lipinski definition) is 0. The van der Waals surface area contributed by atoms with Crippen LogP contribution in [0.4, 0.5) is 10.1 Å². The number of aryl methyl sites for hydroxylation is 2. The van der Waals surface area contributed by atoms with Crippen LogP contribution < -0.4 is 4.90 Å². The van der Waals surface area contributed by atoms with Crippen molar-refractivity contribution in [1.82, 2.24) is 9.88 Å². The molecule has 0 spiro atoms. The number of anilines is 1. The Morgan fingerprint density at radius 2 is 1.79 bits per heavy atom. The molecule has 2 aromatic carbocycles. The van der Waals surface area contributed by atoms with E-state index in [1.807, 2.05) is 36.1 Å². The fourth-order valence-corrected chi connectivity index (χ4v) is 3.99. The van der Waals surface area contributed by atoms with Crippen LogP contribution in [0, 0.1) is 12.7 Å². The van der Waals surface area contributed by atoms with Crippen molar-refractivity contribution in [3.8, 4) is 11.3 Å². The van der Waals surface area contributed by atoms with E-state index in [2.05, 4.69) is 4.98 Å². The molecule has 0 N–H and O–H groups in total. The van der Waals surface area contributed by atoms with Crippen molar-refractivity contribution in [2.75, 3.05) is 24.5 Å². The van der Waals surface area contributed by atoms with Crippen molar-refractivity contribution >= 4 is 17.5 Å². The summed E-state index contributed by atoms with van der Waals surface area (Å²) in [6, 6.07) is 13.9. The van der Waals surface area contributed by atoms with Crippen LogP contribution in [-0.2, 0) is 16.0 Å². The average Bonchev–Trinajstić information content (AvgIpc) is 3.31. The number of halogens is 1. The predicted octanol–water partition coefficient (Wildman–Crippen LogP) is 4.77. The van der Waals surface area contributed by atoms with E-state index in [0.29, 0.717) is 22.9 Å². The van der Waals surface area contributed by atoms with Crippen molar-refractivity contribution in [2.45, 2.75) is 39.0 Å². The molecule has 0 aliphatic carbocycles. The smallest absolute Gasteiger partial charge is 0.242 e. The molecule has 2 heterocycles. The number of benzene rings is 2. The monoisotopic (exact) mass is 449 g/mol. The first-order valence-electron chi connectivity index (χ1n) is 11.4. The second kappa shape index (κ2) is 10.4. The lowest BCUT2D eigenvalue weighted by atomic mass is 10.1. The van der Waals surface area contributed by atoms with E-state index in [-0.39, 0.29) is 31.2 Å². The Morgan fingerprint density at radius 3 is 2.52 bits per heavy atom. The van der Waals surface area contributed by atoms with Crippen molar-refractivity contribution in [3.05, 3.63) is 72.0 Å². The van der Waals surface area contributed by atoms with E-state index in [1.165, 1.54) is 17.2 Å². The summed E-state index contributed by atoms with van der Waals surface area (Å²) in [5.41, 5.74) is 2.10. The summed E-state index contributed by atoms with van der Waals surface area (Å²) in [5.74, 6) is 0.0634. The summed E-state index contributed by atoms with van der Waals surface area (Å²) < 4.78 is 19.7. The van der Waals surface area contributed by atoms with Gasteiger partial charge in [-0.05, 0) is 50.5 Å². The van der Waals surface area contributed by atoms with Gasteiger partial charge in [0, 0.05) is 31.6 Å². The highest BCUT2D eigenvalue weighted by molar-refractivity contribution is 5.98. The maximum Gasteiger partial charge on any atom is 0.242 e. The standard InChI is InChI=1S/C26H28FN3O3/c1-19-9-11-20(12-10-19)30(18-26(32)29-15-5-2-6-16-29)25(31)14-13-24-28-17-23(33-24)21-7-3-4-8-22(21)27/h3-4,7-12,17H,2,5-6,13-16,18H2,1H3. The molecule has 4 rings (SSSR count). The molecule has 33 heavy (non-hydrogen) atoms. The topological polar surface area (TPSA) is 66.7 Å². The Morgan fingerprint density at radius 1 is 1.06 bits per heavy atom. The molecule has 1 fully saturated rings. The number of rotatable bonds is 7. The molecule has 3 aromatic rings. The van der Waals surface area contributed by atoms with Crippen molar-refractivity contribution < 1.29 is 18.4 Å². The molecular weight excluding hydrogens is 421 g/mol. The van der Waals surface area contributed by atoms with Crippen LogP contribution in [0.3, 0.4) is 0 Å². The maximum atomic E-state index is 14.0. The number of oxazole rings is 1. The highest BCUT2D eigenvalue weighted by Crippen LogP contribution is 2.24. The van der Waals surface area contributed by atoms with Gasteiger partial charge in [0.1, 0.15) is 12.4 Å². The van der Waals surface area contributed by atoms with E-state index >= 15 is 0 Å². The van der Waals surface area contributed by atoms with Gasteiger partial charge < -0.3 is 14.2 Å². The molecule has 7 heteroatoms. The van der Waals surface area contributed by atoms with E-state index in [9.17, 15) is 14.0 Å². The molecular formula is C26H28FN3O3. The van der Waals surface area contributed by atoms with Gasteiger partial charge >= 0.3 is 0 Å². The molecule has 0 unspecified atom stereocenters. The first-order chi connectivity index (χ1) is 16.0. The zero-order chi connectivity index (χ0) is 23.2. The normalized spacial score (nSPS) is 13.7. The third kappa shape index (κ3) is 5.66. The minimum atomic E-state index is -0.391. The average molecular weight is 450 g/mol. The molecule has 172 valence electrons. The van der Waals surface area contributed by atoms with Crippen molar-refractivity contribution in [2.24, 2.45) is 0 Å². The van der Waals surface area contributed by atoms with Gasteiger partial charge in [-0.1, -0.05) is 29.8 Å². The highest BCUT2D eigenvalue weighted by atomic mass is 19.1. The Bertz CT molecular complexity index is 1100. The number of hydrogen-bond acceptors (Lipinski definition) is 4. The largest absolute Gasteiger partial charge is 0.441 e. The van der Waals surface area contributed by atoms with Gasteiger partial charge in [-0.15, -0.1) is 0 Å². The summed E-state index contributed by atoms with van der Waals surface area (Å²) >= 11 is 0. The number of nitrogens with zero attached hydrogens (tertiary/aromatic N) is 3. The minimum absolute atomic E-state index is 0.00789. The van der Waals surface area contributed by atoms with Gasteiger partial charge in [-0.3, -0.25) is 9.59 Å². The zero-order valence-corrected chi connectivity index (χ0v) is 18.8. The number of carbonyl (C=O) groups excluding carboxylic acids is 2. The van der Waals surface area contributed by atoms with Crippen molar-refractivity contribution in [3.63, 3.8) is 0 Å². The second-order valence-electron chi connectivity index (χ2n) is 8.35. The summed E-state index contributed by atoms with van der Waals surface area (Å²) in [6.45, 7) is 3.46. The first-order valence-corrected chi connectivity index (χ1v) is 11.4. The number of piperidine rings is 1. The second-order valence-corrected chi connectivity index (χ2v) is 8.35. The maximum absolute atomic E-state index is 14.0. The molecule has 0 bridgehead atoms. The highest BCUT2D eigenvalue weighted by Gasteiger charge is 2.24. The molecule has 2 amide bonds. The van der Waals surface area contributed by atoms with E-state index < -0.39 is 5.82 Å². The van der Waals surface area contributed by atoms with Crippen LogP contribution in [0.25, 0.3) is 11.3 Å². The number of aromatic nitrogens is 1. The fourth-order valence-electron chi connectivity index (χ4n) is 3.99. The number of amides is 2. The van der Waals surface area contributed by atoms with Crippen molar-refractivity contribution in [1.29, 1.82) is 0 Å². The number of likely N-dealkylation sites (tertiary alicyclic amines) is 1. The summed E-state index contributed by atoms with van der Waals surface area (Å²) in [5, 5.41) is 0. The van der Waals surface area contributed by atoms with Crippen LogP contribution in [-0.4, -0.2) is 41.3 Å². The molecule has 1 saturated heterocycles. The Kier molecular flexibility index (Phi) is 7.17. The van der Waals surface area contributed by atoms with Crippen LogP contribution in [0.5, 0.6) is 0 Å². The van der Waals surface area contributed by atoms with Gasteiger partial charge in [0.15, 0.2) is 11.7 Å². The quantitative estimate of drug-likeness (QED) is 0.521. The van der Waals surface area contributed by atoms with Crippen LogP contribution in [0.2, 0.25) is 0 Å². The van der Waals surface area contributed by atoms with Gasteiger partial charge in [-0.2, -0.15) is 0 Å². The summed E-state index contributed by atoms with van der Waals surface area (Å²) in [7, 11) is 0. The Labute approximate surface area is 193 Å². The molecule has 0 saturated carbocycles. The lowest BCUT2D eigenvalue weighted by molar-refractivity contribution is -0.132. The van der Waals surface area contributed by atoms with Crippen LogP contribution >= 0.6 is 0 Å². The molecule has 6 nitrogen and oxygen atoms in total. The molecule has 0 radical (unpaired) electrons. The van der Waals surface area contributed by atoms with E-state index in [1.54, 1.807) is 18.2 Å². The van der Waals surface area contributed by atoms with Gasteiger partial charge in [-0.25, -0.2) is 9.37 Å². The van der Waals surface area contributed by atoms with Crippen LogP contribution in [0.15, 0.2) is 59.1 Å². The third-order valence-electron chi connectivity index (χ3n) is 5.89. The molecule has 1 aliphatic rings. The Balaban J connectivity index is 1.45. The predicted molar refractivity (Wildman–Crippen MR) is 124 cm³/mol. The lowest BCUT2D eigenvalue weighted by Gasteiger charge is -2.30. The van der Waals surface area contributed by atoms with Crippen LogP contribution in [0.1, 0.15) is 37.1 Å². The van der Waals surface area contributed by atoms with Gasteiger partial charge in [0.2, 0.25) is 11.8 Å². The first kappa shape index (κ1) is 22.7. The third-order valence-corrected chi connectivity index (χ3v) is 5.89. The Hall–Kier alpha value is -3.48. The lowest BCUT2D eigenvalue weighted by Crippen LogP contribution is -2.45. The molecule has 1 aromatic heterocycles. The zero-order valence-electron chi connectivity index (χ0n) is 18.8. The van der Waals surface area contributed by atoms with Gasteiger partial charge in [0.05, 0.1) is 11.8 Å². The van der Waals surface area contributed by atoms with Gasteiger partial charge in [0.25, 0.3) is 0 Å². The molecule has 1 aliphatic heterocycles. The summed E-state index contributed by atoms with van der Waals surface area (Å²) in [4.78, 5) is 33.6. The fraction of sp³-hybridized carbons (Fsp3) is 0.346.